The molecular formula is C16H15N3O. The van der Waals surface area contributed by atoms with E-state index in [0.717, 1.165) is 35.6 Å². The van der Waals surface area contributed by atoms with Crippen LogP contribution in [0.4, 0.5) is 5.69 Å². The molecule has 0 unspecified atom stereocenters. The zero-order valence-electron chi connectivity index (χ0n) is 11.0. The fraction of sp³-hybridized carbons (Fsp3) is 0.188. The van der Waals surface area contributed by atoms with Gasteiger partial charge in [-0.15, -0.1) is 0 Å². The number of anilines is 1. The summed E-state index contributed by atoms with van der Waals surface area (Å²) >= 11 is 0. The lowest BCUT2D eigenvalue weighted by atomic mass is 10.1. The summed E-state index contributed by atoms with van der Waals surface area (Å²) in [6.07, 6.45) is 1.08. The third kappa shape index (κ3) is 1.99. The summed E-state index contributed by atoms with van der Waals surface area (Å²) in [5.74, 6) is 1.71. The molecule has 1 aliphatic heterocycles. The van der Waals surface area contributed by atoms with Crippen LogP contribution in [-0.2, 0) is 13.0 Å². The van der Waals surface area contributed by atoms with Gasteiger partial charge in [-0.1, -0.05) is 18.2 Å². The predicted octanol–water partition coefficient (Wildman–Crippen LogP) is 3.11. The molecule has 4 heteroatoms. The summed E-state index contributed by atoms with van der Waals surface area (Å²) in [6, 6.07) is 14.1. The molecule has 0 saturated heterocycles. The Morgan fingerprint density at radius 1 is 1.15 bits per heavy atom. The number of hydrogen-bond acceptors (Lipinski definition) is 3. The molecule has 0 aliphatic carbocycles. The average Bonchev–Trinajstić information content (AvgIpc) is 3.08. The Bertz CT molecular complexity index is 708. The van der Waals surface area contributed by atoms with Crippen LogP contribution in [0, 0.1) is 0 Å². The Morgan fingerprint density at radius 2 is 2.05 bits per heavy atom. The van der Waals surface area contributed by atoms with Gasteiger partial charge in [0.05, 0.1) is 11.0 Å². The van der Waals surface area contributed by atoms with Gasteiger partial charge in [0.25, 0.3) is 0 Å². The standard InChI is InChI=1S/C16H15N3O/c1-2-4-12(5-3-1)20-10-16-18-14-8-11-6-7-17-13(11)9-15(14)19-16/h1-5,8-9,17H,6-7,10H2,(H,18,19). The molecule has 20 heavy (non-hydrogen) atoms. The molecule has 4 nitrogen and oxygen atoms in total. The second-order valence-corrected chi connectivity index (χ2v) is 4.99. The zero-order valence-corrected chi connectivity index (χ0v) is 11.0. The summed E-state index contributed by atoms with van der Waals surface area (Å²) in [4.78, 5) is 7.92. The topological polar surface area (TPSA) is 49.9 Å². The summed E-state index contributed by atoms with van der Waals surface area (Å²) in [7, 11) is 0. The van der Waals surface area contributed by atoms with Gasteiger partial charge in [0.15, 0.2) is 0 Å². The summed E-state index contributed by atoms with van der Waals surface area (Å²) in [5.41, 5.74) is 4.64. The van der Waals surface area contributed by atoms with Crippen molar-refractivity contribution in [3.63, 3.8) is 0 Å². The molecule has 1 aliphatic rings. The fourth-order valence-electron chi connectivity index (χ4n) is 2.59. The van der Waals surface area contributed by atoms with E-state index in [2.05, 4.69) is 27.4 Å². The lowest BCUT2D eigenvalue weighted by Crippen LogP contribution is -1.96. The van der Waals surface area contributed by atoms with Gasteiger partial charge >= 0.3 is 0 Å². The van der Waals surface area contributed by atoms with E-state index in [0.29, 0.717) is 6.61 Å². The first-order valence-corrected chi connectivity index (χ1v) is 6.82. The van der Waals surface area contributed by atoms with E-state index in [-0.39, 0.29) is 0 Å². The summed E-state index contributed by atoms with van der Waals surface area (Å²) < 4.78 is 5.71. The van der Waals surface area contributed by atoms with Crippen LogP contribution in [0.1, 0.15) is 11.4 Å². The first-order chi connectivity index (χ1) is 9.88. The maximum atomic E-state index is 5.71. The number of imidazole rings is 1. The van der Waals surface area contributed by atoms with E-state index in [9.17, 15) is 0 Å². The second kappa shape index (κ2) is 4.56. The van der Waals surface area contributed by atoms with Crippen molar-refractivity contribution in [1.29, 1.82) is 0 Å². The number of nitrogens with one attached hydrogen (secondary N) is 2. The molecule has 0 amide bonds. The number of H-pyrrole nitrogens is 1. The Labute approximate surface area is 116 Å². The van der Waals surface area contributed by atoms with Crippen LogP contribution in [0.15, 0.2) is 42.5 Å². The second-order valence-electron chi connectivity index (χ2n) is 4.99. The number of aromatic nitrogens is 2. The molecule has 4 rings (SSSR count). The molecule has 2 aromatic carbocycles. The van der Waals surface area contributed by atoms with E-state index in [1.165, 1.54) is 11.3 Å². The van der Waals surface area contributed by atoms with Crippen LogP contribution >= 0.6 is 0 Å². The van der Waals surface area contributed by atoms with Gasteiger partial charge in [-0.3, -0.25) is 0 Å². The van der Waals surface area contributed by atoms with Gasteiger partial charge in [0.1, 0.15) is 18.2 Å². The first-order valence-electron chi connectivity index (χ1n) is 6.82. The van der Waals surface area contributed by atoms with E-state index < -0.39 is 0 Å². The molecule has 0 bridgehead atoms. The highest BCUT2D eigenvalue weighted by molar-refractivity contribution is 5.82. The predicted molar refractivity (Wildman–Crippen MR) is 79.1 cm³/mol. The molecule has 1 aromatic heterocycles. The molecule has 100 valence electrons. The SMILES string of the molecule is c1ccc(OCc2nc3cc4c(cc3[nH]2)CCN4)cc1. The number of fused-ring (bicyclic) bond motifs is 2. The Kier molecular flexibility index (Phi) is 2.59. The molecule has 0 atom stereocenters. The number of hydrogen-bond donors (Lipinski definition) is 2. The fourth-order valence-corrected chi connectivity index (χ4v) is 2.59. The normalized spacial score (nSPS) is 13.2. The number of para-hydroxylation sites is 1. The van der Waals surface area contributed by atoms with Crippen LogP contribution in [-0.4, -0.2) is 16.5 Å². The van der Waals surface area contributed by atoms with E-state index in [4.69, 9.17) is 4.74 Å². The summed E-state index contributed by atoms with van der Waals surface area (Å²) in [6.45, 7) is 1.47. The minimum atomic E-state index is 0.455. The molecular weight excluding hydrogens is 250 g/mol. The minimum absolute atomic E-state index is 0.455. The van der Waals surface area contributed by atoms with Crippen LogP contribution in [0.25, 0.3) is 11.0 Å². The van der Waals surface area contributed by atoms with Crippen LogP contribution in [0.2, 0.25) is 0 Å². The van der Waals surface area contributed by atoms with Crippen molar-refractivity contribution in [1.82, 2.24) is 9.97 Å². The maximum absolute atomic E-state index is 5.71. The molecule has 0 radical (unpaired) electrons. The Morgan fingerprint density at radius 3 is 2.95 bits per heavy atom. The monoisotopic (exact) mass is 265 g/mol. The molecule has 0 saturated carbocycles. The van der Waals surface area contributed by atoms with Crippen molar-refractivity contribution >= 4 is 16.7 Å². The van der Waals surface area contributed by atoms with Crippen LogP contribution < -0.4 is 10.1 Å². The van der Waals surface area contributed by atoms with Crippen molar-refractivity contribution in [2.45, 2.75) is 13.0 Å². The third-order valence-electron chi connectivity index (χ3n) is 3.58. The maximum Gasteiger partial charge on any atom is 0.146 e. The summed E-state index contributed by atoms with van der Waals surface area (Å²) in [5, 5.41) is 3.37. The number of nitrogens with zero attached hydrogens (tertiary/aromatic N) is 1. The average molecular weight is 265 g/mol. The number of benzene rings is 2. The number of aromatic amines is 1. The molecule has 2 heterocycles. The van der Waals surface area contributed by atoms with E-state index >= 15 is 0 Å². The van der Waals surface area contributed by atoms with Gasteiger partial charge in [0.2, 0.25) is 0 Å². The van der Waals surface area contributed by atoms with Crippen LogP contribution in [0.5, 0.6) is 5.75 Å². The van der Waals surface area contributed by atoms with Crippen molar-refractivity contribution < 1.29 is 4.74 Å². The Hall–Kier alpha value is -2.49. The van der Waals surface area contributed by atoms with Gasteiger partial charge in [-0.05, 0) is 36.2 Å². The number of rotatable bonds is 3. The van der Waals surface area contributed by atoms with Crippen LogP contribution in [0.3, 0.4) is 0 Å². The van der Waals surface area contributed by atoms with Gasteiger partial charge in [-0.25, -0.2) is 4.98 Å². The lowest BCUT2D eigenvalue weighted by Gasteiger charge is -2.02. The van der Waals surface area contributed by atoms with E-state index in [1.807, 2.05) is 30.3 Å². The number of ether oxygens (including phenoxy) is 1. The Balaban J connectivity index is 1.58. The third-order valence-corrected chi connectivity index (χ3v) is 3.58. The smallest absolute Gasteiger partial charge is 0.146 e. The quantitative estimate of drug-likeness (QED) is 0.765. The van der Waals surface area contributed by atoms with E-state index in [1.54, 1.807) is 0 Å². The van der Waals surface area contributed by atoms with Crippen molar-refractivity contribution in [2.24, 2.45) is 0 Å². The van der Waals surface area contributed by atoms with Gasteiger partial charge in [0, 0.05) is 12.2 Å². The highest BCUT2D eigenvalue weighted by Crippen LogP contribution is 2.27. The van der Waals surface area contributed by atoms with Gasteiger partial charge < -0.3 is 15.0 Å². The van der Waals surface area contributed by atoms with Gasteiger partial charge in [-0.2, -0.15) is 0 Å². The highest BCUT2D eigenvalue weighted by Gasteiger charge is 2.13. The minimum Gasteiger partial charge on any atom is -0.486 e. The van der Waals surface area contributed by atoms with Crippen molar-refractivity contribution in [3.8, 4) is 5.75 Å². The highest BCUT2D eigenvalue weighted by atomic mass is 16.5. The molecule has 3 aromatic rings. The first kappa shape index (κ1) is 11.3. The van der Waals surface area contributed by atoms with Crippen molar-refractivity contribution in [2.75, 3.05) is 11.9 Å². The zero-order chi connectivity index (χ0) is 13.4. The largest absolute Gasteiger partial charge is 0.486 e. The molecule has 2 N–H and O–H groups in total. The molecule has 0 fully saturated rings. The molecule has 0 spiro atoms. The van der Waals surface area contributed by atoms with Crippen molar-refractivity contribution in [3.05, 3.63) is 53.9 Å². The lowest BCUT2D eigenvalue weighted by molar-refractivity contribution is 0.297.